The first-order valence-corrected chi connectivity index (χ1v) is 4.07. The van der Waals surface area contributed by atoms with Gasteiger partial charge in [-0.25, -0.2) is 4.79 Å². The largest absolute Gasteiger partial charge is 0.454 e. The Kier molecular flexibility index (Phi) is 2.52. The summed E-state index contributed by atoms with van der Waals surface area (Å²) >= 11 is 0. The highest BCUT2D eigenvalue weighted by Gasteiger charge is 2.31. The van der Waals surface area contributed by atoms with E-state index in [2.05, 4.69) is 0 Å². The van der Waals surface area contributed by atoms with Crippen LogP contribution < -0.4 is 0 Å². The summed E-state index contributed by atoms with van der Waals surface area (Å²) in [5.41, 5.74) is 1.63. The Labute approximate surface area is 72.0 Å². The molecule has 0 aromatic rings. The molecule has 3 nitrogen and oxygen atoms in total. The average molecular weight is 170 g/mol. The Morgan fingerprint density at radius 3 is 2.50 bits per heavy atom. The van der Waals surface area contributed by atoms with Crippen molar-refractivity contribution in [2.75, 3.05) is 6.61 Å². The third-order valence-electron chi connectivity index (χ3n) is 2.36. The summed E-state index contributed by atoms with van der Waals surface area (Å²) < 4.78 is 5.07. The second-order valence-corrected chi connectivity index (χ2v) is 3.29. The fourth-order valence-corrected chi connectivity index (χ4v) is 1.31. The zero-order chi connectivity index (χ0) is 9.30. The molecule has 2 atom stereocenters. The van der Waals surface area contributed by atoms with Crippen molar-refractivity contribution in [3.05, 3.63) is 11.1 Å². The van der Waals surface area contributed by atoms with Crippen molar-refractivity contribution in [1.29, 1.82) is 0 Å². The predicted octanol–water partition coefficient (Wildman–Crippen LogP) is 0.877. The summed E-state index contributed by atoms with van der Waals surface area (Å²) in [6, 6.07) is 0. The van der Waals surface area contributed by atoms with Crippen LogP contribution in [-0.4, -0.2) is 23.8 Å². The lowest BCUT2D eigenvalue weighted by Crippen LogP contribution is -2.23. The van der Waals surface area contributed by atoms with Gasteiger partial charge >= 0.3 is 5.97 Å². The molecule has 0 amide bonds. The summed E-state index contributed by atoms with van der Waals surface area (Å²) in [6.07, 6.45) is -0.220. The van der Waals surface area contributed by atoms with Crippen molar-refractivity contribution in [1.82, 2.24) is 0 Å². The van der Waals surface area contributed by atoms with E-state index in [1.54, 1.807) is 6.92 Å². The van der Waals surface area contributed by atoms with Crippen LogP contribution in [0.5, 0.6) is 0 Å². The number of hydrogen-bond acceptors (Lipinski definition) is 3. The number of carbonyl (C=O) groups is 1. The molecule has 1 heterocycles. The summed E-state index contributed by atoms with van der Waals surface area (Å²) in [6.45, 7) is 5.53. The lowest BCUT2D eigenvalue weighted by Gasteiger charge is -2.17. The van der Waals surface area contributed by atoms with Gasteiger partial charge in [0.1, 0.15) is 6.10 Å². The maximum Gasteiger partial charge on any atom is 0.334 e. The summed E-state index contributed by atoms with van der Waals surface area (Å²) in [5, 5.41) is 8.87. The van der Waals surface area contributed by atoms with Gasteiger partial charge in [0.15, 0.2) is 0 Å². The zero-order valence-electron chi connectivity index (χ0n) is 7.63. The number of carbonyl (C=O) groups excluding carboxylic acids is 1. The van der Waals surface area contributed by atoms with Crippen molar-refractivity contribution in [3.63, 3.8) is 0 Å². The third kappa shape index (κ3) is 1.37. The minimum absolute atomic E-state index is 0.00796. The van der Waals surface area contributed by atoms with Crippen LogP contribution in [0.4, 0.5) is 0 Å². The number of ether oxygens (including phenoxy) is 1. The Hall–Kier alpha value is -0.830. The van der Waals surface area contributed by atoms with Gasteiger partial charge in [0.05, 0.1) is 0 Å². The smallest absolute Gasteiger partial charge is 0.334 e. The lowest BCUT2D eigenvalue weighted by atomic mass is 9.98. The van der Waals surface area contributed by atoms with E-state index >= 15 is 0 Å². The van der Waals surface area contributed by atoms with Crippen molar-refractivity contribution < 1.29 is 14.6 Å². The molecular formula is C9H14O3. The highest BCUT2D eigenvalue weighted by molar-refractivity contribution is 5.91. The van der Waals surface area contributed by atoms with Crippen LogP contribution in [-0.2, 0) is 9.53 Å². The predicted molar refractivity (Wildman–Crippen MR) is 44.5 cm³/mol. The fourth-order valence-electron chi connectivity index (χ4n) is 1.31. The molecule has 0 fully saturated rings. The van der Waals surface area contributed by atoms with Crippen LogP contribution >= 0.6 is 0 Å². The zero-order valence-corrected chi connectivity index (χ0v) is 7.63. The molecule has 68 valence electrons. The standard InChI is InChI=1S/C9H14O3/c1-5(4-10)8-6(2)7(3)9(11)12-8/h5,8,10H,4H2,1-3H3/t5?,8-/m1/s1. The van der Waals surface area contributed by atoms with Gasteiger partial charge in [0, 0.05) is 18.1 Å². The molecule has 1 aliphatic heterocycles. The monoisotopic (exact) mass is 170 g/mol. The van der Waals surface area contributed by atoms with Gasteiger partial charge in [0.2, 0.25) is 0 Å². The molecular weight excluding hydrogens is 156 g/mol. The summed E-state index contributed by atoms with van der Waals surface area (Å²) in [4.78, 5) is 11.1. The molecule has 1 unspecified atom stereocenters. The fraction of sp³-hybridized carbons (Fsp3) is 0.667. The van der Waals surface area contributed by atoms with Crippen LogP contribution in [0.25, 0.3) is 0 Å². The molecule has 0 radical (unpaired) electrons. The number of rotatable bonds is 2. The van der Waals surface area contributed by atoms with Gasteiger partial charge in [-0.2, -0.15) is 0 Å². The first-order valence-electron chi connectivity index (χ1n) is 4.07. The molecule has 1 aliphatic rings. The van der Waals surface area contributed by atoms with Gasteiger partial charge in [-0.3, -0.25) is 0 Å². The molecule has 1 N–H and O–H groups in total. The van der Waals surface area contributed by atoms with Gasteiger partial charge < -0.3 is 9.84 Å². The Balaban J connectivity index is 2.80. The molecule has 0 aromatic carbocycles. The first kappa shape index (κ1) is 9.26. The van der Waals surface area contributed by atoms with E-state index in [0.717, 1.165) is 5.57 Å². The Bertz CT molecular complexity index is 230. The second kappa shape index (κ2) is 3.27. The highest BCUT2D eigenvalue weighted by Crippen LogP contribution is 2.26. The van der Waals surface area contributed by atoms with Crippen LogP contribution in [0, 0.1) is 5.92 Å². The quantitative estimate of drug-likeness (QED) is 0.626. The van der Waals surface area contributed by atoms with Crippen molar-refractivity contribution in [2.24, 2.45) is 5.92 Å². The lowest BCUT2D eigenvalue weighted by molar-refractivity contribution is -0.141. The van der Waals surface area contributed by atoms with Crippen molar-refractivity contribution in [3.8, 4) is 0 Å². The summed E-state index contributed by atoms with van der Waals surface area (Å²) in [7, 11) is 0. The van der Waals surface area contributed by atoms with Crippen LogP contribution in [0.2, 0.25) is 0 Å². The average Bonchev–Trinajstić information content (AvgIpc) is 2.32. The Morgan fingerprint density at radius 1 is 1.58 bits per heavy atom. The van der Waals surface area contributed by atoms with Crippen molar-refractivity contribution in [2.45, 2.75) is 26.9 Å². The molecule has 0 bridgehead atoms. The van der Waals surface area contributed by atoms with Gasteiger partial charge in [-0.05, 0) is 19.4 Å². The van der Waals surface area contributed by atoms with E-state index < -0.39 is 0 Å². The third-order valence-corrected chi connectivity index (χ3v) is 2.36. The minimum atomic E-state index is -0.252. The SMILES string of the molecule is CC1=C(C)[C@@H](C(C)CO)OC1=O. The van der Waals surface area contributed by atoms with E-state index in [1.807, 2.05) is 13.8 Å². The summed E-state index contributed by atoms with van der Waals surface area (Å²) in [5.74, 6) is -0.260. The molecule has 1 rings (SSSR count). The van der Waals surface area contributed by atoms with Crippen molar-refractivity contribution >= 4 is 5.97 Å². The minimum Gasteiger partial charge on any atom is -0.454 e. The number of aliphatic hydroxyl groups is 1. The van der Waals surface area contributed by atoms with E-state index in [4.69, 9.17) is 9.84 Å². The molecule has 0 aliphatic carbocycles. The maximum atomic E-state index is 11.1. The molecule has 0 saturated heterocycles. The van der Waals surface area contributed by atoms with Crippen LogP contribution in [0.3, 0.4) is 0 Å². The Morgan fingerprint density at radius 2 is 2.17 bits per heavy atom. The normalized spacial score (nSPS) is 26.0. The number of aliphatic hydroxyl groups excluding tert-OH is 1. The van der Waals surface area contributed by atoms with Crippen LogP contribution in [0.15, 0.2) is 11.1 Å². The topological polar surface area (TPSA) is 46.5 Å². The molecule has 0 saturated carbocycles. The second-order valence-electron chi connectivity index (χ2n) is 3.29. The van der Waals surface area contributed by atoms with E-state index in [1.165, 1.54) is 0 Å². The number of esters is 1. The molecule has 3 heteroatoms. The van der Waals surface area contributed by atoms with Crippen LogP contribution in [0.1, 0.15) is 20.8 Å². The highest BCUT2D eigenvalue weighted by atomic mass is 16.5. The van der Waals surface area contributed by atoms with E-state index in [0.29, 0.717) is 5.57 Å². The van der Waals surface area contributed by atoms with Gasteiger partial charge in [-0.15, -0.1) is 0 Å². The first-order chi connectivity index (χ1) is 5.57. The maximum absolute atomic E-state index is 11.1. The van der Waals surface area contributed by atoms with E-state index in [9.17, 15) is 4.79 Å². The molecule has 0 aromatic heterocycles. The number of cyclic esters (lactones) is 1. The molecule has 12 heavy (non-hydrogen) atoms. The number of hydrogen-bond donors (Lipinski definition) is 1. The molecule has 0 spiro atoms. The van der Waals surface area contributed by atoms with Gasteiger partial charge in [-0.1, -0.05) is 6.92 Å². The van der Waals surface area contributed by atoms with Gasteiger partial charge in [0.25, 0.3) is 0 Å². The van der Waals surface area contributed by atoms with E-state index in [-0.39, 0.29) is 24.6 Å².